The topological polar surface area (TPSA) is 104 Å². The first-order chi connectivity index (χ1) is 14.9. The minimum Gasteiger partial charge on any atom is -0.472 e. The Morgan fingerprint density at radius 2 is 2.19 bits per heavy atom. The van der Waals surface area contributed by atoms with Crippen molar-refractivity contribution in [1.82, 2.24) is 5.32 Å². The van der Waals surface area contributed by atoms with Gasteiger partial charge in [0.1, 0.15) is 12.7 Å². The van der Waals surface area contributed by atoms with E-state index in [4.69, 9.17) is 18.6 Å². The summed E-state index contributed by atoms with van der Waals surface area (Å²) in [5.41, 5.74) is 3.12. The SMILES string of the molecule is CCNC(=O)O[C@@H]1CC2=C(C)C3=C(C=C[C@]24COC(=O)[C@@H]4C1)C(=O)O[C@H]3c1ccoc1. The van der Waals surface area contributed by atoms with E-state index in [0.29, 0.717) is 25.0 Å². The van der Waals surface area contributed by atoms with Crippen LogP contribution in [-0.4, -0.2) is 37.3 Å². The third-order valence-corrected chi connectivity index (χ3v) is 6.69. The van der Waals surface area contributed by atoms with Gasteiger partial charge in [0.05, 0.1) is 29.4 Å². The van der Waals surface area contributed by atoms with Crippen molar-refractivity contribution in [3.8, 4) is 0 Å². The Hall–Kier alpha value is -3.29. The molecule has 1 N–H and O–H groups in total. The van der Waals surface area contributed by atoms with E-state index < -0.39 is 35.6 Å². The lowest BCUT2D eigenvalue weighted by Gasteiger charge is -2.40. The van der Waals surface area contributed by atoms with Crippen molar-refractivity contribution in [1.29, 1.82) is 0 Å². The Morgan fingerprint density at radius 1 is 1.35 bits per heavy atom. The number of hydrogen-bond donors (Lipinski definition) is 1. The molecule has 1 amide bonds. The number of amides is 1. The molecule has 3 heterocycles. The molecular formula is C23H23NO7. The van der Waals surface area contributed by atoms with E-state index in [0.717, 1.165) is 22.3 Å². The molecule has 8 heteroatoms. The summed E-state index contributed by atoms with van der Waals surface area (Å²) >= 11 is 0. The summed E-state index contributed by atoms with van der Waals surface area (Å²) in [5.74, 6) is -1.20. The smallest absolute Gasteiger partial charge is 0.407 e. The minimum absolute atomic E-state index is 0.208. The number of rotatable bonds is 3. The third-order valence-electron chi connectivity index (χ3n) is 6.69. The molecule has 5 rings (SSSR count). The van der Waals surface area contributed by atoms with Crippen LogP contribution < -0.4 is 5.32 Å². The maximum Gasteiger partial charge on any atom is 0.407 e. The minimum atomic E-state index is -0.659. The van der Waals surface area contributed by atoms with Crippen LogP contribution in [0.4, 0.5) is 4.79 Å². The van der Waals surface area contributed by atoms with Gasteiger partial charge in [0.25, 0.3) is 0 Å². The van der Waals surface area contributed by atoms with Gasteiger partial charge in [0.2, 0.25) is 0 Å². The van der Waals surface area contributed by atoms with Gasteiger partial charge in [0, 0.05) is 24.1 Å². The highest BCUT2D eigenvalue weighted by Crippen LogP contribution is 2.56. The van der Waals surface area contributed by atoms with Crippen LogP contribution in [0.3, 0.4) is 0 Å². The van der Waals surface area contributed by atoms with Crippen molar-refractivity contribution >= 4 is 18.0 Å². The largest absolute Gasteiger partial charge is 0.472 e. The fourth-order valence-corrected chi connectivity index (χ4v) is 5.25. The molecule has 2 fully saturated rings. The van der Waals surface area contributed by atoms with E-state index in [9.17, 15) is 14.4 Å². The molecule has 162 valence electrons. The monoisotopic (exact) mass is 425 g/mol. The van der Waals surface area contributed by atoms with Crippen LogP contribution in [0, 0.1) is 11.3 Å². The van der Waals surface area contributed by atoms with Crippen LogP contribution in [0.5, 0.6) is 0 Å². The highest BCUT2D eigenvalue weighted by atomic mass is 16.6. The molecule has 1 saturated carbocycles. The molecule has 0 bridgehead atoms. The number of nitrogens with one attached hydrogen (secondary N) is 1. The van der Waals surface area contributed by atoms with E-state index in [-0.39, 0.29) is 12.6 Å². The number of alkyl carbamates (subject to hydrolysis) is 1. The van der Waals surface area contributed by atoms with Crippen molar-refractivity contribution in [3.05, 3.63) is 58.6 Å². The van der Waals surface area contributed by atoms with Crippen molar-refractivity contribution in [2.45, 2.75) is 38.9 Å². The van der Waals surface area contributed by atoms with Gasteiger partial charge in [-0.2, -0.15) is 0 Å². The number of hydrogen-bond acceptors (Lipinski definition) is 7. The van der Waals surface area contributed by atoms with Crippen molar-refractivity contribution in [2.24, 2.45) is 11.3 Å². The lowest BCUT2D eigenvalue weighted by Crippen LogP contribution is -2.42. The normalized spacial score (nSPS) is 31.5. The first-order valence-electron chi connectivity index (χ1n) is 10.4. The summed E-state index contributed by atoms with van der Waals surface area (Å²) < 4.78 is 22.0. The zero-order chi connectivity index (χ0) is 21.8. The molecule has 31 heavy (non-hydrogen) atoms. The number of carbonyl (C=O) groups is 3. The number of esters is 2. The van der Waals surface area contributed by atoms with E-state index in [1.807, 2.05) is 19.9 Å². The fourth-order valence-electron chi connectivity index (χ4n) is 5.25. The summed E-state index contributed by atoms with van der Waals surface area (Å²) in [4.78, 5) is 37.4. The Morgan fingerprint density at radius 3 is 2.94 bits per heavy atom. The van der Waals surface area contributed by atoms with E-state index in [2.05, 4.69) is 5.32 Å². The van der Waals surface area contributed by atoms with E-state index in [1.165, 1.54) is 6.26 Å². The molecule has 0 aromatic carbocycles. The molecule has 1 aromatic heterocycles. The van der Waals surface area contributed by atoms with Crippen molar-refractivity contribution in [2.75, 3.05) is 13.2 Å². The van der Waals surface area contributed by atoms with Crippen molar-refractivity contribution < 1.29 is 33.0 Å². The standard InChI is InChI=1S/C23H23NO7/c1-3-24-22(27)30-14-8-16-12(2)18-15(20(25)31-19(18)13-5-7-28-10-13)4-6-23(16)11-29-21(26)17(23)9-14/h4-7,10,14,17,19H,3,8-9,11H2,1-2H3,(H,24,27)/t14-,17+,19+,23+/m1/s1. The van der Waals surface area contributed by atoms with E-state index in [1.54, 1.807) is 18.4 Å². The molecule has 0 radical (unpaired) electrons. The second-order valence-corrected chi connectivity index (χ2v) is 8.30. The number of carbonyl (C=O) groups excluding carboxylic acids is 3. The second-order valence-electron chi connectivity index (χ2n) is 8.30. The van der Waals surface area contributed by atoms with Gasteiger partial charge < -0.3 is 23.9 Å². The molecule has 4 aliphatic rings. The zero-order valence-corrected chi connectivity index (χ0v) is 17.3. The summed E-state index contributed by atoms with van der Waals surface area (Å²) in [6.07, 6.45) is 6.01. The van der Waals surface area contributed by atoms with E-state index >= 15 is 0 Å². The lowest BCUT2D eigenvalue weighted by molar-refractivity contribution is -0.142. The molecule has 8 nitrogen and oxygen atoms in total. The average molecular weight is 425 g/mol. The number of furan rings is 1. The first-order valence-corrected chi connectivity index (χ1v) is 10.4. The third kappa shape index (κ3) is 2.92. The Bertz CT molecular complexity index is 1050. The van der Waals surface area contributed by atoms with Gasteiger partial charge in [-0.3, -0.25) is 4.79 Å². The Kier molecular flexibility index (Phi) is 4.53. The molecule has 1 aromatic rings. The average Bonchev–Trinajstić information content (AvgIpc) is 3.43. The summed E-state index contributed by atoms with van der Waals surface area (Å²) in [6.45, 7) is 4.40. The molecule has 4 atom stereocenters. The molecule has 1 spiro atoms. The predicted molar refractivity (Wildman–Crippen MR) is 106 cm³/mol. The highest BCUT2D eigenvalue weighted by Gasteiger charge is 2.57. The summed E-state index contributed by atoms with van der Waals surface area (Å²) in [6, 6.07) is 1.77. The van der Waals surface area contributed by atoms with Gasteiger partial charge in [-0.05, 0) is 37.5 Å². The molecule has 2 aliphatic carbocycles. The van der Waals surface area contributed by atoms with Gasteiger partial charge >= 0.3 is 18.0 Å². The zero-order valence-electron chi connectivity index (χ0n) is 17.3. The predicted octanol–water partition coefficient (Wildman–Crippen LogP) is 3.13. The summed E-state index contributed by atoms with van der Waals surface area (Å²) in [7, 11) is 0. The quantitative estimate of drug-likeness (QED) is 0.586. The molecule has 2 aliphatic heterocycles. The number of cyclic esters (lactones) is 2. The van der Waals surface area contributed by atoms with Crippen LogP contribution in [0.2, 0.25) is 0 Å². The lowest BCUT2D eigenvalue weighted by atomic mass is 9.62. The number of ether oxygens (including phenoxy) is 3. The Labute approximate surface area is 178 Å². The maximum atomic E-state index is 12.7. The molecular weight excluding hydrogens is 402 g/mol. The van der Waals surface area contributed by atoms with Crippen LogP contribution in [-0.2, 0) is 23.8 Å². The van der Waals surface area contributed by atoms with Crippen LogP contribution >= 0.6 is 0 Å². The fraction of sp³-hybridized carbons (Fsp3) is 0.435. The highest BCUT2D eigenvalue weighted by molar-refractivity contribution is 5.97. The first kappa shape index (κ1) is 19.7. The Balaban J connectivity index is 1.60. The summed E-state index contributed by atoms with van der Waals surface area (Å²) in [5, 5.41) is 2.63. The van der Waals surface area contributed by atoms with Gasteiger partial charge in [0.15, 0.2) is 6.10 Å². The molecule has 1 saturated heterocycles. The van der Waals surface area contributed by atoms with Gasteiger partial charge in [-0.15, -0.1) is 0 Å². The van der Waals surface area contributed by atoms with Gasteiger partial charge in [-0.25, -0.2) is 9.59 Å². The second kappa shape index (κ2) is 7.14. The molecule has 0 unspecified atom stereocenters. The van der Waals surface area contributed by atoms with Gasteiger partial charge in [-0.1, -0.05) is 12.2 Å². The van der Waals surface area contributed by atoms with Crippen molar-refractivity contribution in [3.63, 3.8) is 0 Å². The maximum absolute atomic E-state index is 12.7. The van der Waals surface area contributed by atoms with Crippen LogP contribution in [0.25, 0.3) is 0 Å². The van der Waals surface area contributed by atoms with Crippen LogP contribution in [0.1, 0.15) is 38.4 Å². The van der Waals surface area contributed by atoms with Crippen LogP contribution in [0.15, 0.2) is 57.5 Å².